The van der Waals surface area contributed by atoms with Crippen LogP contribution in [0.3, 0.4) is 0 Å². The first-order chi connectivity index (χ1) is 11.6. The SMILES string of the molecule is CC(C)c1nc(-c2cccc(NC(=O)CCn3cccc3)c2)n[nH]1. The Morgan fingerprint density at radius 3 is 2.75 bits per heavy atom. The zero-order valence-corrected chi connectivity index (χ0v) is 13.9. The van der Waals surface area contributed by atoms with Gasteiger partial charge in [0.2, 0.25) is 5.91 Å². The Kier molecular flexibility index (Phi) is 4.74. The predicted octanol–water partition coefficient (Wildman–Crippen LogP) is 3.43. The molecule has 2 heterocycles. The molecule has 1 amide bonds. The number of anilines is 1. The van der Waals surface area contributed by atoms with Gasteiger partial charge in [0.25, 0.3) is 0 Å². The quantitative estimate of drug-likeness (QED) is 0.730. The lowest BCUT2D eigenvalue weighted by atomic mass is 10.2. The highest BCUT2D eigenvalue weighted by atomic mass is 16.1. The maximum absolute atomic E-state index is 12.1. The van der Waals surface area contributed by atoms with Gasteiger partial charge in [0.05, 0.1) is 0 Å². The normalized spacial score (nSPS) is 11.0. The lowest BCUT2D eigenvalue weighted by Gasteiger charge is -2.07. The van der Waals surface area contributed by atoms with Gasteiger partial charge in [0.15, 0.2) is 5.82 Å². The van der Waals surface area contributed by atoms with E-state index >= 15 is 0 Å². The number of nitrogens with one attached hydrogen (secondary N) is 2. The van der Waals surface area contributed by atoms with Crippen molar-refractivity contribution in [2.75, 3.05) is 5.32 Å². The van der Waals surface area contributed by atoms with Crippen molar-refractivity contribution >= 4 is 11.6 Å². The van der Waals surface area contributed by atoms with Crippen LogP contribution in [0.5, 0.6) is 0 Å². The van der Waals surface area contributed by atoms with Gasteiger partial charge in [-0.05, 0) is 24.3 Å². The smallest absolute Gasteiger partial charge is 0.226 e. The molecule has 24 heavy (non-hydrogen) atoms. The van der Waals surface area contributed by atoms with Crippen LogP contribution in [0.4, 0.5) is 5.69 Å². The van der Waals surface area contributed by atoms with Crippen LogP contribution in [-0.2, 0) is 11.3 Å². The molecule has 6 heteroatoms. The monoisotopic (exact) mass is 323 g/mol. The number of aromatic amines is 1. The third-order valence-corrected chi connectivity index (χ3v) is 3.72. The minimum atomic E-state index is -0.0151. The van der Waals surface area contributed by atoms with Crippen molar-refractivity contribution in [3.8, 4) is 11.4 Å². The average molecular weight is 323 g/mol. The summed E-state index contributed by atoms with van der Waals surface area (Å²) in [5.41, 5.74) is 1.63. The molecule has 6 nitrogen and oxygen atoms in total. The van der Waals surface area contributed by atoms with Gasteiger partial charge in [0, 0.05) is 42.5 Å². The van der Waals surface area contributed by atoms with E-state index in [0.29, 0.717) is 24.7 Å². The fourth-order valence-electron chi connectivity index (χ4n) is 2.37. The number of amides is 1. The summed E-state index contributed by atoms with van der Waals surface area (Å²) in [4.78, 5) is 16.6. The molecule has 0 atom stereocenters. The number of H-pyrrole nitrogens is 1. The van der Waals surface area contributed by atoms with Crippen LogP contribution in [0, 0.1) is 0 Å². The van der Waals surface area contributed by atoms with E-state index in [0.717, 1.165) is 17.1 Å². The maximum Gasteiger partial charge on any atom is 0.226 e. The summed E-state index contributed by atoms with van der Waals surface area (Å²) in [6.07, 6.45) is 4.32. The number of hydrogen-bond acceptors (Lipinski definition) is 3. The molecule has 0 unspecified atom stereocenters. The minimum Gasteiger partial charge on any atom is -0.354 e. The van der Waals surface area contributed by atoms with Gasteiger partial charge < -0.3 is 9.88 Å². The van der Waals surface area contributed by atoms with Gasteiger partial charge in [-0.25, -0.2) is 4.98 Å². The fraction of sp³-hybridized carbons (Fsp3) is 0.278. The zero-order chi connectivity index (χ0) is 16.9. The van der Waals surface area contributed by atoms with Gasteiger partial charge in [-0.2, -0.15) is 5.10 Å². The Hall–Kier alpha value is -2.89. The van der Waals surface area contributed by atoms with Crippen LogP contribution in [0.25, 0.3) is 11.4 Å². The molecule has 124 valence electrons. The van der Waals surface area contributed by atoms with Crippen LogP contribution in [0.2, 0.25) is 0 Å². The molecular formula is C18H21N5O. The number of hydrogen-bond donors (Lipinski definition) is 2. The summed E-state index contributed by atoms with van der Waals surface area (Å²) in [5, 5.41) is 10.1. The largest absolute Gasteiger partial charge is 0.354 e. The van der Waals surface area contributed by atoms with E-state index in [2.05, 4.69) is 34.3 Å². The number of rotatable bonds is 6. The first-order valence-electron chi connectivity index (χ1n) is 8.05. The molecule has 0 radical (unpaired) electrons. The molecule has 0 saturated carbocycles. The van der Waals surface area contributed by atoms with Gasteiger partial charge in [-0.15, -0.1) is 0 Å². The fourth-order valence-corrected chi connectivity index (χ4v) is 2.37. The van der Waals surface area contributed by atoms with Crippen molar-refractivity contribution in [1.29, 1.82) is 0 Å². The second kappa shape index (κ2) is 7.12. The van der Waals surface area contributed by atoms with E-state index in [-0.39, 0.29) is 5.91 Å². The number of carbonyl (C=O) groups is 1. The number of benzene rings is 1. The number of aromatic nitrogens is 4. The van der Waals surface area contributed by atoms with Gasteiger partial charge in [-0.3, -0.25) is 9.89 Å². The molecule has 0 fully saturated rings. The summed E-state index contributed by atoms with van der Waals surface area (Å²) in [7, 11) is 0. The standard InChI is InChI=1S/C18H21N5O/c1-13(2)17-20-18(22-21-17)14-6-5-7-15(12-14)19-16(24)8-11-23-9-3-4-10-23/h3-7,9-10,12-13H,8,11H2,1-2H3,(H,19,24)(H,20,21,22). The molecule has 1 aromatic carbocycles. The van der Waals surface area contributed by atoms with Crippen LogP contribution in [-0.4, -0.2) is 25.7 Å². The molecule has 0 aliphatic rings. The summed E-state index contributed by atoms with van der Waals surface area (Å²) < 4.78 is 1.98. The number of nitrogens with zero attached hydrogens (tertiary/aromatic N) is 3. The first-order valence-corrected chi connectivity index (χ1v) is 8.05. The second-order valence-electron chi connectivity index (χ2n) is 6.00. The van der Waals surface area contributed by atoms with E-state index in [9.17, 15) is 4.79 Å². The molecule has 0 spiro atoms. The summed E-state index contributed by atoms with van der Waals surface area (Å²) in [5.74, 6) is 1.77. The van der Waals surface area contributed by atoms with Crippen molar-refractivity contribution in [1.82, 2.24) is 19.7 Å². The van der Waals surface area contributed by atoms with Crippen molar-refractivity contribution < 1.29 is 4.79 Å². The van der Waals surface area contributed by atoms with Crippen LogP contribution >= 0.6 is 0 Å². The van der Waals surface area contributed by atoms with E-state index in [1.807, 2.05) is 53.4 Å². The molecule has 3 rings (SSSR count). The second-order valence-corrected chi connectivity index (χ2v) is 6.00. The number of carbonyl (C=O) groups excluding carboxylic acids is 1. The Balaban J connectivity index is 1.65. The topological polar surface area (TPSA) is 75.6 Å². The molecule has 0 aliphatic carbocycles. The molecule has 2 aromatic heterocycles. The highest BCUT2D eigenvalue weighted by molar-refractivity contribution is 5.91. The number of aryl methyl sites for hydroxylation is 1. The molecule has 0 saturated heterocycles. The van der Waals surface area contributed by atoms with Crippen molar-refractivity contribution in [2.45, 2.75) is 32.7 Å². The van der Waals surface area contributed by atoms with Gasteiger partial charge in [-0.1, -0.05) is 26.0 Å². The van der Waals surface area contributed by atoms with Gasteiger partial charge >= 0.3 is 0 Å². The molecule has 0 aliphatic heterocycles. The summed E-state index contributed by atoms with van der Waals surface area (Å²) in [6, 6.07) is 11.5. The zero-order valence-electron chi connectivity index (χ0n) is 13.9. The Bertz CT molecular complexity index is 804. The third-order valence-electron chi connectivity index (χ3n) is 3.72. The Labute approximate surface area is 140 Å². The van der Waals surface area contributed by atoms with E-state index in [1.54, 1.807) is 0 Å². The van der Waals surface area contributed by atoms with Crippen LogP contribution in [0.15, 0.2) is 48.8 Å². The van der Waals surface area contributed by atoms with E-state index in [4.69, 9.17) is 0 Å². The van der Waals surface area contributed by atoms with Crippen molar-refractivity contribution in [3.63, 3.8) is 0 Å². The lowest BCUT2D eigenvalue weighted by molar-refractivity contribution is -0.116. The predicted molar refractivity (Wildman–Crippen MR) is 93.6 cm³/mol. The Morgan fingerprint density at radius 2 is 2.04 bits per heavy atom. The minimum absolute atomic E-state index is 0.0151. The van der Waals surface area contributed by atoms with E-state index in [1.165, 1.54) is 0 Å². The summed E-state index contributed by atoms with van der Waals surface area (Å²) >= 11 is 0. The Morgan fingerprint density at radius 1 is 1.25 bits per heavy atom. The lowest BCUT2D eigenvalue weighted by Crippen LogP contribution is -2.14. The molecule has 2 N–H and O–H groups in total. The average Bonchev–Trinajstić information content (AvgIpc) is 3.25. The molecular weight excluding hydrogens is 302 g/mol. The highest BCUT2D eigenvalue weighted by Gasteiger charge is 2.10. The van der Waals surface area contributed by atoms with E-state index < -0.39 is 0 Å². The highest BCUT2D eigenvalue weighted by Crippen LogP contribution is 2.21. The molecule has 3 aromatic rings. The first kappa shape index (κ1) is 16.0. The molecule has 0 bridgehead atoms. The van der Waals surface area contributed by atoms with Gasteiger partial charge in [0.1, 0.15) is 5.82 Å². The maximum atomic E-state index is 12.1. The van der Waals surface area contributed by atoms with Crippen molar-refractivity contribution in [3.05, 3.63) is 54.6 Å². The van der Waals surface area contributed by atoms with Crippen molar-refractivity contribution in [2.24, 2.45) is 0 Å². The third kappa shape index (κ3) is 3.90. The van der Waals surface area contributed by atoms with Crippen LogP contribution in [0.1, 0.15) is 32.0 Å². The van der Waals surface area contributed by atoms with Crippen LogP contribution < -0.4 is 5.32 Å². The summed E-state index contributed by atoms with van der Waals surface area (Å²) in [6.45, 7) is 4.79.